The molecule has 3 aromatic rings. The summed E-state index contributed by atoms with van der Waals surface area (Å²) in [5.74, 6) is -0.0925. The third-order valence-corrected chi connectivity index (χ3v) is 5.82. The lowest BCUT2D eigenvalue weighted by molar-refractivity contribution is -0.117. The van der Waals surface area contributed by atoms with E-state index in [0.29, 0.717) is 41.6 Å². The van der Waals surface area contributed by atoms with Crippen LogP contribution >= 0.6 is 11.6 Å². The number of carbonyl (C=O) groups excluding carboxylic acids is 1. The van der Waals surface area contributed by atoms with Crippen molar-refractivity contribution in [2.45, 2.75) is 12.8 Å². The number of anilines is 2. The number of benzene rings is 2. The summed E-state index contributed by atoms with van der Waals surface area (Å²) >= 11 is 6.24. The monoisotopic (exact) mass is 471 g/mol. The van der Waals surface area contributed by atoms with Crippen LogP contribution in [0.2, 0.25) is 5.02 Å². The lowest BCUT2D eigenvalue weighted by atomic mass is 10.00. The van der Waals surface area contributed by atoms with Crippen LogP contribution in [-0.4, -0.2) is 41.7 Å². The number of amides is 1. The molecule has 0 saturated carbocycles. The van der Waals surface area contributed by atoms with Gasteiger partial charge in [0.25, 0.3) is 0 Å². The number of fused-ring (bicyclic) bond motifs is 1. The molecule has 0 radical (unpaired) electrons. The van der Waals surface area contributed by atoms with Crippen LogP contribution in [0.5, 0.6) is 0 Å². The number of halogens is 1. The minimum atomic E-state index is -0.0925. The van der Waals surface area contributed by atoms with Crippen molar-refractivity contribution < 1.29 is 4.79 Å². The average molecular weight is 472 g/mol. The number of aliphatic imine (C=N–C) groups is 2. The maximum atomic E-state index is 13.1. The molecule has 1 amide bonds. The van der Waals surface area contributed by atoms with Crippen LogP contribution in [0.15, 0.2) is 71.1 Å². The van der Waals surface area contributed by atoms with Gasteiger partial charge in [-0.15, -0.1) is 0 Å². The number of nitrogens with one attached hydrogen (secondary N) is 2. The van der Waals surface area contributed by atoms with E-state index in [1.807, 2.05) is 24.3 Å². The number of hydrogen-bond donors (Lipinski definition) is 2. The lowest BCUT2D eigenvalue weighted by Gasteiger charge is -2.19. The smallest absolute Gasteiger partial charge is 0.231 e. The quantitative estimate of drug-likeness (QED) is 0.481. The molecule has 2 aromatic carbocycles. The zero-order chi connectivity index (χ0) is 23.9. The number of rotatable bonds is 8. The fourth-order valence-corrected chi connectivity index (χ4v) is 4.06. The van der Waals surface area contributed by atoms with Crippen LogP contribution in [0.1, 0.15) is 22.3 Å². The molecule has 1 aromatic heterocycles. The molecular weight excluding hydrogens is 450 g/mol. The lowest BCUT2D eigenvalue weighted by Crippen LogP contribution is -2.31. The summed E-state index contributed by atoms with van der Waals surface area (Å²) in [6.45, 7) is 4.30. The van der Waals surface area contributed by atoms with E-state index in [1.165, 1.54) is 0 Å². The minimum Gasteiger partial charge on any atom is -0.364 e. The summed E-state index contributed by atoms with van der Waals surface area (Å²) in [4.78, 5) is 23.2. The topological polar surface area (TPSA) is 110 Å². The van der Waals surface area contributed by atoms with Gasteiger partial charge in [0, 0.05) is 29.5 Å². The highest BCUT2D eigenvalue weighted by molar-refractivity contribution is 6.31. The van der Waals surface area contributed by atoms with E-state index in [9.17, 15) is 10.1 Å². The molecule has 0 spiro atoms. The number of nitrogens with zero attached hydrogens (tertiary/aromatic N) is 5. The van der Waals surface area contributed by atoms with Crippen LogP contribution in [0.4, 0.5) is 11.4 Å². The number of carbonyl (C=O) groups is 1. The molecule has 2 N–H and O–H groups in total. The third-order valence-electron chi connectivity index (χ3n) is 5.45. The van der Waals surface area contributed by atoms with Gasteiger partial charge < -0.3 is 10.2 Å². The largest absolute Gasteiger partial charge is 0.364 e. The summed E-state index contributed by atoms with van der Waals surface area (Å²) in [7, 11) is 0. The van der Waals surface area contributed by atoms with Crippen molar-refractivity contribution in [1.82, 2.24) is 10.2 Å². The van der Waals surface area contributed by atoms with E-state index in [-0.39, 0.29) is 12.3 Å². The molecule has 1 aliphatic heterocycles. The Morgan fingerprint density at radius 3 is 2.97 bits per heavy atom. The first kappa shape index (κ1) is 23.0. The molecule has 2 heterocycles. The fourth-order valence-electron chi connectivity index (χ4n) is 3.86. The van der Waals surface area contributed by atoms with Crippen LogP contribution < -0.4 is 10.2 Å². The zero-order valence-corrected chi connectivity index (χ0v) is 19.1. The van der Waals surface area contributed by atoms with Gasteiger partial charge in [0.15, 0.2) is 0 Å². The summed E-state index contributed by atoms with van der Waals surface area (Å²) in [6, 6.07) is 13.3. The summed E-state index contributed by atoms with van der Waals surface area (Å²) < 4.78 is 0. The molecule has 0 fully saturated rings. The first-order valence-corrected chi connectivity index (χ1v) is 11.0. The highest BCUT2D eigenvalue weighted by atomic mass is 35.5. The summed E-state index contributed by atoms with van der Waals surface area (Å²) in [6.07, 6.45) is 7.50. The number of H-pyrrole nitrogens is 1. The van der Waals surface area contributed by atoms with Gasteiger partial charge in [-0.1, -0.05) is 29.8 Å². The zero-order valence-electron chi connectivity index (χ0n) is 18.3. The van der Waals surface area contributed by atoms with Gasteiger partial charge in [-0.3, -0.25) is 19.9 Å². The first-order chi connectivity index (χ1) is 16.6. The van der Waals surface area contributed by atoms with Crippen molar-refractivity contribution in [3.8, 4) is 6.07 Å². The Labute approximate surface area is 202 Å². The van der Waals surface area contributed by atoms with E-state index in [1.54, 1.807) is 41.7 Å². The number of nitriles is 1. The molecule has 1 aliphatic rings. The summed E-state index contributed by atoms with van der Waals surface area (Å²) in [5, 5.41) is 20.2. The highest BCUT2D eigenvalue weighted by Gasteiger charge is 2.29. The van der Waals surface area contributed by atoms with E-state index in [0.717, 1.165) is 22.4 Å². The molecule has 0 unspecified atom stereocenters. The van der Waals surface area contributed by atoms with Gasteiger partial charge >= 0.3 is 0 Å². The molecule has 0 atom stereocenters. The Morgan fingerprint density at radius 2 is 2.24 bits per heavy atom. The normalized spacial score (nSPS) is 13.1. The number of aromatic amines is 1. The number of aromatic nitrogens is 2. The second kappa shape index (κ2) is 10.6. The minimum absolute atomic E-state index is 0.0925. The fraction of sp³-hybridized carbons (Fsp3) is 0.160. The maximum absolute atomic E-state index is 13.1. The standard InChI is InChI=1S/C25H22ClN7O/c1-28-8-6-23(30-16-29-21-14-31-32-15-21)19-10-18-7-9-33(25(18)20(11-19)13-27)24(34)12-17-4-2-3-5-22(17)26/h2-6,8,10-11,14-15,29H,1,7,9,12,16H2,(H,31,32)/b8-6-,30-23?. The molecule has 34 heavy (non-hydrogen) atoms. The molecule has 170 valence electrons. The second-order valence-corrected chi connectivity index (χ2v) is 7.98. The maximum Gasteiger partial charge on any atom is 0.231 e. The molecule has 8 nitrogen and oxygen atoms in total. The van der Waals surface area contributed by atoms with Crippen molar-refractivity contribution in [3.63, 3.8) is 0 Å². The SMILES string of the molecule is C=N/C=C\C(=NCNc1cn[nH]c1)c1cc(C#N)c2c(c1)CCN2C(=O)Cc1ccccc1Cl. The molecule has 4 rings (SSSR count). The van der Waals surface area contributed by atoms with Crippen molar-refractivity contribution in [2.24, 2.45) is 9.98 Å². The van der Waals surface area contributed by atoms with Gasteiger partial charge in [0.2, 0.25) is 5.91 Å². The number of allylic oxidation sites excluding steroid dienone is 1. The Kier molecular flexibility index (Phi) is 7.16. The molecule has 9 heteroatoms. The van der Waals surface area contributed by atoms with E-state index < -0.39 is 0 Å². The van der Waals surface area contributed by atoms with Crippen molar-refractivity contribution in [3.05, 3.63) is 88.3 Å². The molecular formula is C25H22ClN7O. The van der Waals surface area contributed by atoms with E-state index in [2.05, 4.69) is 38.3 Å². The predicted molar refractivity (Wildman–Crippen MR) is 135 cm³/mol. The van der Waals surface area contributed by atoms with Gasteiger partial charge in [0.05, 0.1) is 35.3 Å². The van der Waals surface area contributed by atoms with Crippen molar-refractivity contribution >= 4 is 41.3 Å². The third kappa shape index (κ3) is 5.05. The van der Waals surface area contributed by atoms with Crippen molar-refractivity contribution in [1.29, 1.82) is 5.26 Å². The van der Waals surface area contributed by atoms with Crippen LogP contribution in [0.25, 0.3) is 0 Å². The van der Waals surface area contributed by atoms with Crippen LogP contribution in [0, 0.1) is 11.3 Å². The Hall–Kier alpha value is -4.22. The predicted octanol–water partition coefficient (Wildman–Crippen LogP) is 4.14. The van der Waals surface area contributed by atoms with Crippen LogP contribution in [-0.2, 0) is 17.6 Å². The van der Waals surface area contributed by atoms with Crippen LogP contribution in [0.3, 0.4) is 0 Å². The van der Waals surface area contributed by atoms with Gasteiger partial charge in [-0.05, 0) is 48.5 Å². The van der Waals surface area contributed by atoms with E-state index >= 15 is 0 Å². The van der Waals surface area contributed by atoms with Crippen molar-refractivity contribution in [2.75, 3.05) is 23.4 Å². The highest BCUT2D eigenvalue weighted by Crippen LogP contribution is 2.34. The second-order valence-electron chi connectivity index (χ2n) is 7.57. The van der Waals surface area contributed by atoms with E-state index in [4.69, 9.17) is 11.6 Å². The molecule has 0 aliphatic carbocycles. The number of hydrogen-bond acceptors (Lipinski definition) is 6. The Balaban J connectivity index is 1.62. The average Bonchev–Trinajstić information content (AvgIpc) is 3.52. The van der Waals surface area contributed by atoms with Gasteiger partial charge in [-0.25, -0.2) is 0 Å². The summed E-state index contributed by atoms with van der Waals surface area (Å²) in [5.41, 5.74) is 5.00. The first-order valence-electron chi connectivity index (χ1n) is 10.6. The molecule has 0 bridgehead atoms. The van der Waals surface area contributed by atoms with Gasteiger partial charge in [0.1, 0.15) is 12.7 Å². The van der Waals surface area contributed by atoms with Gasteiger partial charge in [-0.2, -0.15) is 10.4 Å². The molecule has 0 saturated heterocycles. The Bertz CT molecular complexity index is 1310. The Morgan fingerprint density at radius 1 is 1.38 bits per heavy atom.